The molecule has 0 saturated heterocycles. The van der Waals surface area contributed by atoms with Gasteiger partial charge >= 0.3 is 8.25 Å². The smallest absolute Gasteiger partial charge is 0.414 e. The van der Waals surface area contributed by atoms with Crippen LogP contribution in [0.3, 0.4) is 0 Å². The van der Waals surface area contributed by atoms with E-state index in [1.54, 1.807) is 48.5 Å². The summed E-state index contributed by atoms with van der Waals surface area (Å²) in [4.78, 5) is 23.5. The highest BCUT2D eigenvalue weighted by atomic mass is 31.1. The van der Waals surface area contributed by atoms with Gasteiger partial charge in [0.15, 0.2) is 23.1 Å². The maximum absolute atomic E-state index is 12.2. The van der Waals surface area contributed by atoms with Crippen molar-refractivity contribution in [3.05, 3.63) is 83.3 Å². The number of benzene rings is 2. The molecule has 0 saturated carbocycles. The monoisotopic (exact) mass is 370 g/mol. The summed E-state index contributed by atoms with van der Waals surface area (Å²) in [6.45, 7) is 2.60. The third-order valence-electron chi connectivity index (χ3n) is 3.28. The van der Waals surface area contributed by atoms with Crippen LogP contribution in [0.1, 0.15) is 25.0 Å². The van der Waals surface area contributed by atoms with Crippen LogP contribution in [0.25, 0.3) is 12.2 Å². The lowest BCUT2D eigenvalue weighted by Gasteiger charge is -2.10. The number of ketones is 2. The topological polar surface area (TPSA) is 69.7 Å². The Morgan fingerprint density at radius 2 is 1.08 bits per heavy atom. The van der Waals surface area contributed by atoms with Gasteiger partial charge in [0.1, 0.15) is 0 Å². The fourth-order valence-corrected chi connectivity index (χ4v) is 2.81. The minimum absolute atomic E-state index is 0.0947. The third-order valence-corrected chi connectivity index (χ3v) is 4.05. The first-order valence-corrected chi connectivity index (χ1v) is 9.13. The van der Waals surface area contributed by atoms with Crippen molar-refractivity contribution in [1.29, 1.82) is 0 Å². The van der Waals surface area contributed by atoms with Crippen molar-refractivity contribution >= 4 is 32.0 Å². The summed E-state index contributed by atoms with van der Waals surface area (Å²) in [6.07, 6.45) is 2.95. The van der Waals surface area contributed by atoms with Crippen molar-refractivity contribution in [1.82, 2.24) is 0 Å². The van der Waals surface area contributed by atoms with Crippen LogP contribution >= 0.6 is 8.25 Å². The molecule has 0 spiro atoms. The Hall–Kier alpha value is -2.91. The molecule has 26 heavy (non-hydrogen) atoms. The van der Waals surface area contributed by atoms with Crippen LogP contribution in [-0.2, 0) is 23.2 Å². The van der Waals surface area contributed by atoms with Gasteiger partial charge in [-0.15, -0.1) is 0 Å². The number of Topliss-reactive ketones (excluding diaryl/α,β-unsaturated/α-hetero) is 2. The second-order valence-electron chi connectivity index (χ2n) is 5.41. The van der Waals surface area contributed by atoms with Crippen molar-refractivity contribution in [3.63, 3.8) is 0 Å². The van der Waals surface area contributed by atoms with Crippen molar-refractivity contribution in [3.8, 4) is 0 Å². The molecule has 0 fully saturated rings. The summed E-state index contributed by atoms with van der Waals surface area (Å²) in [5, 5.41) is 0. The molecule has 0 amide bonds. The highest BCUT2D eigenvalue weighted by Crippen LogP contribution is 2.33. The zero-order chi connectivity index (χ0) is 18.9. The minimum Gasteiger partial charge on any atom is -0.414 e. The van der Waals surface area contributed by atoms with E-state index in [1.165, 1.54) is 26.0 Å². The van der Waals surface area contributed by atoms with E-state index < -0.39 is 19.8 Å². The number of allylic oxidation sites excluding steroid dienone is 2. The van der Waals surface area contributed by atoms with Crippen LogP contribution < -0.4 is 0 Å². The Morgan fingerprint density at radius 1 is 0.731 bits per heavy atom. The lowest BCUT2D eigenvalue weighted by atomic mass is 10.2. The number of carbonyl (C=O) groups excluding carboxylic acids is 2. The molecule has 0 heterocycles. The lowest BCUT2D eigenvalue weighted by Crippen LogP contribution is -2.01. The van der Waals surface area contributed by atoms with Gasteiger partial charge in [0, 0.05) is 13.8 Å². The molecule has 6 heteroatoms. The summed E-state index contributed by atoms with van der Waals surface area (Å²) >= 11 is 0. The fraction of sp³-hybridized carbons (Fsp3) is 0.100. The quantitative estimate of drug-likeness (QED) is 0.384. The van der Waals surface area contributed by atoms with Crippen LogP contribution in [0.15, 0.2) is 72.2 Å². The Bertz CT molecular complexity index is 783. The Kier molecular flexibility index (Phi) is 7.12. The van der Waals surface area contributed by atoms with Crippen LogP contribution in [0.5, 0.6) is 0 Å². The average Bonchev–Trinajstić information content (AvgIpc) is 2.62. The summed E-state index contributed by atoms with van der Waals surface area (Å²) in [7, 11) is -3.14. The first-order valence-electron chi connectivity index (χ1n) is 7.90. The molecule has 0 aromatic heterocycles. The van der Waals surface area contributed by atoms with Gasteiger partial charge < -0.3 is 9.05 Å². The Labute approximate surface area is 152 Å². The van der Waals surface area contributed by atoms with E-state index in [2.05, 4.69) is 0 Å². The molecule has 2 aromatic rings. The molecule has 5 nitrogen and oxygen atoms in total. The maximum atomic E-state index is 12.2. The largest absolute Gasteiger partial charge is 0.419 e. The molecule has 0 N–H and O–H groups in total. The van der Waals surface area contributed by atoms with Gasteiger partial charge in [0.25, 0.3) is 0 Å². The van der Waals surface area contributed by atoms with Crippen LogP contribution in [0.2, 0.25) is 0 Å². The molecule has 2 rings (SSSR count). The zero-order valence-electron chi connectivity index (χ0n) is 14.5. The van der Waals surface area contributed by atoms with Crippen molar-refractivity contribution in [2.24, 2.45) is 0 Å². The number of carbonyl (C=O) groups is 2. The van der Waals surface area contributed by atoms with Crippen LogP contribution in [-0.4, -0.2) is 11.6 Å². The SMILES string of the molecule is CC(=O)/C(=C\c1ccccc1)O[PH](=O)O/C(=C/c1ccccc1)C(C)=O. The summed E-state index contributed by atoms with van der Waals surface area (Å²) < 4.78 is 22.6. The highest BCUT2D eigenvalue weighted by molar-refractivity contribution is 7.33. The van der Waals surface area contributed by atoms with Crippen LogP contribution in [0, 0.1) is 0 Å². The van der Waals surface area contributed by atoms with E-state index in [-0.39, 0.29) is 11.5 Å². The second-order valence-corrected chi connectivity index (χ2v) is 6.31. The van der Waals surface area contributed by atoms with E-state index in [0.717, 1.165) is 11.1 Å². The summed E-state index contributed by atoms with van der Waals surface area (Å²) in [5.41, 5.74) is 1.44. The number of hydrogen-bond donors (Lipinski definition) is 0. The molecular weight excluding hydrogens is 351 g/mol. The number of hydrogen-bond acceptors (Lipinski definition) is 5. The van der Waals surface area contributed by atoms with E-state index in [1.807, 2.05) is 12.1 Å². The predicted molar refractivity (Wildman–Crippen MR) is 101 cm³/mol. The van der Waals surface area contributed by atoms with Crippen LogP contribution in [0.4, 0.5) is 0 Å². The van der Waals surface area contributed by atoms with E-state index in [0.29, 0.717) is 0 Å². The normalized spacial score (nSPS) is 13.0. The first kappa shape index (κ1) is 19.4. The van der Waals surface area contributed by atoms with Gasteiger partial charge in [0.2, 0.25) is 0 Å². The average molecular weight is 370 g/mol. The molecule has 2 aromatic carbocycles. The summed E-state index contributed by atoms with van der Waals surface area (Å²) in [6, 6.07) is 18.0. The fourth-order valence-electron chi connectivity index (χ4n) is 2.01. The molecular formula is C20H19O5P. The van der Waals surface area contributed by atoms with Crippen molar-refractivity contribution < 1.29 is 23.2 Å². The maximum Gasteiger partial charge on any atom is 0.419 e. The standard InChI is InChI=1S/C20H19O5P/c1-15(21)19(13-17-9-5-3-6-10-17)24-26(23)25-20(16(2)22)14-18-11-7-4-8-12-18/h3-14,26H,1-2H3/b19-13+,20-14+. The van der Waals surface area contributed by atoms with Gasteiger partial charge in [0.05, 0.1) is 0 Å². The molecule has 0 aliphatic carbocycles. The molecule has 0 radical (unpaired) electrons. The molecule has 0 bridgehead atoms. The van der Waals surface area contributed by atoms with Gasteiger partial charge in [-0.05, 0) is 23.3 Å². The molecule has 0 aliphatic heterocycles. The van der Waals surface area contributed by atoms with Gasteiger partial charge in [-0.2, -0.15) is 0 Å². The Balaban J connectivity index is 2.16. The second kappa shape index (κ2) is 9.54. The van der Waals surface area contributed by atoms with Gasteiger partial charge in [-0.25, -0.2) is 4.57 Å². The van der Waals surface area contributed by atoms with Crippen molar-refractivity contribution in [2.45, 2.75) is 13.8 Å². The predicted octanol–water partition coefficient (Wildman–Crippen LogP) is 4.67. The van der Waals surface area contributed by atoms with Crippen molar-refractivity contribution in [2.75, 3.05) is 0 Å². The van der Waals surface area contributed by atoms with Gasteiger partial charge in [-0.1, -0.05) is 60.7 Å². The molecule has 0 atom stereocenters. The van der Waals surface area contributed by atoms with E-state index >= 15 is 0 Å². The summed E-state index contributed by atoms with van der Waals surface area (Å²) in [5.74, 6) is -0.982. The zero-order valence-corrected chi connectivity index (χ0v) is 15.5. The minimum atomic E-state index is -3.14. The highest BCUT2D eigenvalue weighted by Gasteiger charge is 2.15. The molecule has 0 unspecified atom stereocenters. The van der Waals surface area contributed by atoms with E-state index in [4.69, 9.17) is 9.05 Å². The first-order chi connectivity index (χ1) is 12.5. The lowest BCUT2D eigenvalue weighted by molar-refractivity contribution is -0.115. The van der Waals surface area contributed by atoms with Gasteiger partial charge in [-0.3, -0.25) is 9.59 Å². The number of rotatable bonds is 8. The molecule has 134 valence electrons. The molecule has 0 aliphatic rings. The third kappa shape index (κ3) is 6.19. The van der Waals surface area contributed by atoms with E-state index in [9.17, 15) is 14.2 Å². The Morgan fingerprint density at radius 3 is 1.38 bits per heavy atom.